The minimum Gasteiger partial charge on any atom is -0.364 e. The minimum atomic E-state index is -0.478. The summed E-state index contributed by atoms with van der Waals surface area (Å²) >= 11 is 0. The predicted octanol–water partition coefficient (Wildman–Crippen LogP) is 0.996. The van der Waals surface area contributed by atoms with Gasteiger partial charge < -0.3 is 10.1 Å². The molecule has 4 heteroatoms. The zero-order chi connectivity index (χ0) is 10.1. The summed E-state index contributed by atoms with van der Waals surface area (Å²) in [5, 5.41) is 0. The van der Waals surface area contributed by atoms with Crippen molar-refractivity contribution < 1.29 is 4.79 Å². The highest BCUT2D eigenvalue weighted by Crippen LogP contribution is 2.12. The number of rotatable bonds is 2. The molecule has 0 unspecified atom stereocenters. The molecule has 0 saturated carbocycles. The zero-order valence-electron chi connectivity index (χ0n) is 7.90. The van der Waals surface area contributed by atoms with Crippen molar-refractivity contribution in [3.63, 3.8) is 0 Å². The van der Waals surface area contributed by atoms with E-state index in [1.54, 1.807) is 0 Å². The van der Waals surface area contributed by atoms with Gasteiger partial charge in [-0.2, -0.15) is 0 Å². The second-order valence-corrected chi connectivity index (χ2v) is 3.05. The Kier molecular flexibility index (Phi) is 1.96. The number of carbonyl (C=O) groups is 1. The fourth-order valence-corrected chi connectivity index (χ4v) is 1.53. The number of hydrogen-bond acceptors (Lipinski definition) is 2. The van der Waals surface area contributed by atoms with Crippen LogP contribution in [0.2, 0.25) is 0 Å². The Labute approximate surface area is 81.4 Å². The van der Waals surface area contributed by atoms with Crippen molar-refractivity contribution in [3.8, 4) is 0 Å². The first-order valence-electron chi connectivity index (χ1n) is 4.49. The number of aromatic nitrogens is 2. The fourth-order valence-electron chi connectivity index (χ4n) is 1.53. The molecule has 2 rings (SSSR count). The van der Waals surface area contributed by atoms with Crippen molar-refractivity contribution in [2.24, 2.45) is 5.73 Å². The Balaban J connectivity index is 2.80. The van der Waals surface area contributed by atoms with Crippen molar-refractivity contribution >= 4 is 11.4 Å². The van der Waals surface area contributed by atoms with Crippen LogP contribution in [0.25, 0.3) is 5.52 Å². The monoisotopic (exact) mass is 189 g/mol. The Morgan fingerprint density at radius 2 is 2.36 bits per heavy atom. The van der Waals surface area contributed by atoms with E-state index in [0.29, 0.717) is 5.69 Å². The number of nitrogens with two attached hydrogens (primary N) is 1. The van der Waals surface area contributed by atoms with E-state index in [1.807, 2.05) is 35.7 Å². The van der Waals surface area contributed by atoms with Crippen LogP contribution in [-0.4, -0.2) is 15.3 Å². The number of fused-ring (bicyclic) bond motifs is 1. The molecular weight excluding hydrogens is 178 g/mol. The molecule has 0 fully saturated rings. The van der Waals surface area contributed by atoms with Crippen LogP contribution in [0.5, 0.6) is 0 Å². The molecule has 2 N–H and O–H groups in total. The van der Waals surface area contributed by atoms with Gasteiger partial charge >= 0.3 is 0 Å². The lowest BCUT2D eigenvalue weighted by atomic mass is 10.3. The fraction of sp³-hybridized carbons (Fsp3) is 0.200. The molecule has 0 aliphatic rings. The van der Waals surface area contributed by atoms with Crippen LogP contribution in [-0.2, 0) is 6.42 Å². The van der Waals surface area contributed by atoms with Crippen molar-refractivity contribution in [1.82, 2.24) is 9.38 Å². The summed E-state index contributed by atoms with van der Waals surface area (Å²) < 4.78 is 1.89. The van der Waals surface area contributed by atoms with Gasteiger partial charge in [-0.3, -0.25) is 4.79 Å². The number of aryl methyl sites for hydroxylation is 1. The van der Waals surface area contributed by atoms with Gasteiger partial charge in [0.2, 0.25) is 0 Å². The number of nitrogens with zero attached hydrogens (tertiary/aromatic N) is 2. The third kappa shape index (κ3) is 1.16. The quantitative estimate of drug-likeness (QED) is 0.766. The molecule has 72 valence electrons. The van der Waals surface area contributed by atoms with Crippen LogP contribution in [0.15, 0.2) is 24.4 Å². The summed E-state index contributed by atoms with van der Waals surface area (Å²) in [7, 11) is 0. The third-order valence-corrected chi connectivity index (χ3v) is 2.17. The maximum atomic E-state index is 11.1. The summed E-state index contributed by atoms with van der Waals surface area (Å²) in [5.41, 5.74) is 6.36. The molecule has 2 aromatic rings. The van der Waals surface area contributed by atoms with Crippen LogP contribution in [0.1, 0.15) is 23.2 Å². The highest BCUT2D eigenvalue weighted by molar-refractivity contribution is 5.97. The number of imidazole rings is 1. The van der Waals surface area contributed by atoms with Crippen molar-refractivity contribution in [1.29, 1.82) is 0 Å². The molecule has 0 aromatic carbocycles. The summed E-state index contributed by atoms with van der Waals surface area (Å²) in [6.07, 6.45) is 2.66. The SMILES string of the molecule is CCc1nc(C(N)=O)c2ccccn12. The maximum Gasteiger partial charge on any atom is 0.269 e. The van der Waals surface area contributed by atoms with Gasteiger partial charge in [0, 0.05) is 12.6 Å². The minimum absolute atomic E-state index is 0.349. The summed E-state index contributed by atoms with van der Waals surface area (Å²) in [4.78, 5) is 15.3. The molecule has 0 aliphatic heterocycles. The van der Waals surface area contributed by atoms with Gasteiger partial charge in [-0.25, -0.2) is 4.98 Å². The molecule has 0 atom stereocenters. The van der Waals surface area contributed by atoms with E-state index >= 15 is 0 Å². The van der Waals surface area contributed by atoms with Crippen molar-refractivity contribution in [2.45, 2.75) is 13.3 Å². The van der Waals surface area contributed by atoms with Crippen molar-refractivity contribution in [2.75, 3.05) is 0 Å². The standard InChI is InChI=1S/C10H11N3O/c1-2-8-12-9(10(11)14)7-5-3-4-6-13(7)8/h3-6H,2H2,1H3,(H2,11,14). The first-order valence-corrected chi connectivity index (χ1v) is 4.49. The van der Waals surface area contributed by atoms with E-state index < -0.39 is 5.91 Å². The molecule has 0 spiro atoms. The highest BCUT2D eigenvalue weighted by atomic mass is 16.1. The normalized spacial score (nSPS) is 10.6. The lowest BCUT2D eigenvalue weighted by molar-refractivity contribution is 0.0997. The molecule has 14 heavy (non-hydrogen) atoms. The first-order chi connectivity index (χ1) is 6.74. The van der Waals surface area contributed by atoms with E-state index in [1.165, 1.54) is 0 Å². The largest absolute Gasteiger partial charge is 0.364 e. The van der Waals surface area contributed by atoms with Gasteiger partial charge in [-0.15, -0.1) is 0 Å². The number of primary amides is 1. The molecular formula is C10H11N3O. The smallest absolute Gasteiger partial charge is 0.269 e. The molecule has 0 radical (unpaired) electrons. The van der Waals surface area contributed by atoms with Crippen LogP contribution in [0.4, 0.5) is 0 Å². The van der Waals surface area contributed by atoms with Gasteiger partial charge in [0.25, 0.3) is 5.91 Å². The third-order valence-electron chi connectivity index (χ3n) is 2.17. The Morgan fingerprint density at radius 3 is 3.00 bits per heavy atom. The average molecular weight is 189 g/mol. The van der Waals surface area contributed by atoms with E-state index in [9.17, 15) is 4.79 Å². The Hall–Kier alpha value is -1.84. The van der Waals surface area contributed by atoms with Crippen LogP contribution < -0.4 is 5.73 Å². The zero-order valence-corrected chi connectivity index (χ0v) is 7.90. The molecule has 0 saturated heterocycles. The van der Waals surface area contributed by atoms with E-state index in [4.69, 9.17) is 5.73 Å². The molecule has 1 amide bonds. The molecule has 2 heterocycles. The van der Waals surface area contributed by atoms with Crippen LogP contribution in [0.3, 0.4) is 0 Å². The molecule has 0 aliphatic carbocycles. The Bertz CT molecular complexity index is 487. The van der Waals surface area contributed by atoms with Crippen LogP contribution in [0, 0.1) is 0 Å². The number of pyridine rings is 1. The molecule has 4 nitrogen and oxygen atoms in total. The predicted molar refractivity (Wildman–Crippen MR) is 53.1 cm³/mol. The van der Waals surface area contributed by atoms with Gasteiger partial charge in [0.15, 0.2) is 5.69 Å². The first kappa shape index (κ1) is 8.74. The Morgan fingerprint density at radius 1 is 1.57 bits per heavy atom. The van der Waals surface area contributed by atoms with Gasteiger partial charge in [0.05, 0.1) is 5.52 Å². The van der Waals surface area contributed by atoms with Crippen LogP contribution >= 0.6 is 0 Å². The highest BCUT2D eigenvalue weighted by Gasteiger charge is 2.12. The number of carbonyl (C=O) groups excluding carboxylic acids is 1. The van der Waals surface area contributed by atoms with E-state index in [2.05, 4.69) is 4.98 Å². The topological polar surface area (TPSA) is 60.4 Å². The maximum absolute atomic E-state index is 11.1. The summed E-state index contributed by atoms with van der Waals surface area (Å²) in [6.45, 7) is 1.99. The molecule has 0 bridgehead atoms. The van der Waals surface area contributed by atoms with Gasteiger partial charge in [-0.05, 0) is 12.1 Å². The second kappa shape index (κ2) is 3.14. The summed E-state index contributed by atoms with van der Waals surface area (Å²) in [5.74, 6) is 0.378. The average Bonchev–Trinajstić information content (AvgIpc) is 2.56. The van der Waals surface area contributed by atoms with E-state index in [-0.39, 0.29) is 0 Å². The summed E-state index contributed by atoms with van der Waals surface area (Å²) in [6, 6.07) is 5.60. The number of hydrogen-bond donors (Lipinski definition) is 1. The van der Waals surface area contributed by atoms with E-state index in [0.717, 1.165) is 17.8 Å². The van der Waals surface area contributed by atoms with Gasteiger partial charge in [0.1, 0.15) is 5.82 Å². The van der Waals surface area contributed by atoms with Gasteiger partial charge in [-0.1, -0.05) is 13.0 Å². The lowest BCUT2D eigenvalue weighted by Gasteiger charge is -1.95. The number of amides is 1. The van der Waals surface area contributed by atoms with Crippen molar-refractivity contribution in [3.05, 3.63) is 35.9 Å². The molecule has 2 aromatic heterocycles. The second-order valence-electron chi connectivity index (χ2n) is 3.05. The lowest BCUT2D eigenvalue weighted by Crippen LogP contribution is -2.11.